The summed E-state index contributed by atoms with van der Waals surface area (Å²) in [6, 6.07) is 16.6. The number of morpholine rings is 1. The predicted molar refractivity (Wildman–Crippen MR) is 123 cm³/mol. The summed E-state index contributed by atoms with van der Waals surface area (Å²) in [6.07, 6.45) is 3.72. The van der Waals surface area contributed by atoms with Crippen LogP contribution in [0.25, 0.3) is 22.0 Å². The first-order valence-electron chi connectivity index (χ1n) is 10.4. The number of nitrogens with zero attached hydrogens (tertiary/aromatic N) is 4. The summed E-state index contributed by atoms with van der Waals surface area (Å²) in [7, 11) is 3.64. The molecule has 3 heterocycles. The molecule has 0 bridgehead atoms. The Hall–Kier alpha value is -3.58. The van der Waals surface area contributed by atoms with Crippen molar-refractivity contribution < 1.29 is 9.47 Å². The summed E-state index contributed by atoms with van der Waals surface area (Å²) in [4.78, 5) is 6.83. The molecule has 31 heavy (non-hydrogen) atoms. The highest BCUT2D eigenvalue weighted by Gasteiger charge is 2.14. The van der Waals surface area contributed by atoms with Crippen LogP contribution in [0.1, 0.15) is 0 Å². The first-order valence-corrected chi connectivity index (χ1v) is 10.4. The molecule has 1 N–H and O–H groups in total. The van der Waals surface area contributed by atoms with Crippen molar-refractivity contribution in [3.63, 3.8) is 0 Å². The number of aryl methyl sites for hydroxylation is 1. The Labute approximate surface area is 181 Å². The normalized spacial score (nSPS) is 14.1. The SMILES string of the molecule is COc1cc(Nc2cc(-c3ccc4c(cnn4C)c3)ccn2)cc(N2CCOCC2)c1. The van der Waals surface area contributed by atoms with Gasteiger partial charge in [-0.25, -0.2) is 4.98 Å². The second-order valence-electron chi connectivity index (χ2n) is 7.62. The van der Waals surface area contributed by atoms with Crippen LogP contribution in [-0.4, -0.2) is 48.2 Å². The molecule has 7 nitrogen and oxygen atoms in total. The molecular weight excluding hydrogens is 390 g/mol. The molecule has 7 heteroatoms. The fourth-order valence-corrected chi connectivity index (χ4v) is 3.95. The fraction of sp³-hybridized carbons (Fsp3) is 0.250. The maximum absolute atomic E-state index is 5.53. The minimum absolute atomic E-state index is 0.741. The molecule has 0 spiro atoms. The standard InChI is InChI=1S/C24H25N5O2/c1-28-23-4-3-17(11-19(23)16-26-28)18-5-6-25-24(12-18)27-20-13-21(15-22(14-20)30-2)29-7-9-31-10-8-29/h3-6,11-16H,7-10H2,1-2H3,(H,25,27). The molecule has 1 aliphatic heterocycles. The Kier molecular flexibility index (Phi) is 5.18. The molecular formula is C24H25N5O2. The Morgan fingerprint density at radius 2 is 1.84 bits per heavy atom. The molecule has 2 aromatic carbocycles. The van der Waals surface area contributed by atoms with Crippen molar-refractivity contribution in [3.8, 4) is 16.9 Å². The van der Waals surface area contributed by atoms with Crippen molar-refractivity contribution in [2.24, 2.45) is 7.05 Å². The van der Waals surface area contributed by atoms with Gasteiger partial charge in [-0.05, 0) is 41.5 Å². The molecule has 0 saturated carbocycles. The van der Waals surface area contributed by atoms with Gasteiger partial charge in [0.25, 0.3) is 0 Å². The minimum Gasteiger partial charge on any atom is -0.497 e. The van der Waals surface area contributed by atoms with E-state index in [1.165, 1.54) is 0 Å². The summed E-state index contributed by atoms with van der Waals surface area (Å²) in [6.45, 7) is 3.23. The van der Waals surface area contributed by atoms with Crippen molar-refractivity contribution in [3.05, 3.63) is 60.9 Å². The highest BCUT2D eigenvalue weighted by atomic mass is 16.5. The van der Waals surface area contributed by atoms with Crippen LogP contribution in [-0.2, 0) is 11.8 Å². The number of ether oxygens (including phenoxy) is 2. The third-order valence-corrected chi connectivity index (χ3v) is 5.62. The molecule has 1 aliphatic rings. The zero-order chi connectivity index (χ0) is 21.2. The Balaban J connectivity index is 1.43. The highest BCUT2D eigenvalue weighted by molar-refractivity contribution is 5.85. The lowest BCUT2D eigenvalue weighted by molar-refractivity contribution is 0.122. The van der Waals surface area contributed by atoms with E-state index in [0.717, 1.165) is 71.3 Å². The molecule has 0 amide bonds. The second-order valence-corrected chi connectivity index (χ2v) is 7.62. The zero-order valence-electron chi connectivity index (χ0n) is 17.7. The van der Waals surface area contributed by atoms with Crippen LogP contribution in [0.2, 0.25) is 0 Å². The Morgan fingerprint density at radius 1 is 1.00 bits per heavy atom. The lowest BCUT2D eigenvalue weighted by atomic mass is 10.1. The van der Waals surface area contributed by atoms with E-state index in [1.54, 1.807) is 7.11 Å². The van der Waals surface area contributed by atoms with Gasteiger partial charge in [-0.15, -0.1) is 0 Å². The van der Waals surface area contributed by atoms with Gasteiger partial charge in [-0.1, -0.05) is 6.07 Å². The number of nitrogens with one attached hydrogen (secondary N) is 1. The van der Waals surface area contributed by atoms with Crippen LogP contribution >= 0.6 is 0 Å². The van der Waals surface area contributed by atoms with E-state index in [0.29, 0.717) is 0 Å². The molecule has 158 valence electrons. The summed E-state index contributed by atoms with van der Waals surface area (Å²) in [5.74, 6) is 1.59. The van der Waals surface area contributed by atoms with Gasteiger partial charge < -0.3 is 19.7 Å². The van der Waals surface area contributed by atoms with E-state index in [9.17, 15) is 0 Å². The Morgan fingerprint density at radius 3 is 2.68 bits per heavy atom. The van der Waals surface area contributed by atoms with Crippen molar-refractivity contribution in [2.45, 2.75) is 0 Å². The molecule has 1 saturated heterocycles. The summed E-state index contributed by atoms with van der Waals surface area (Å²) >= 11 is 0. The van der Waals surface area contributed by atoms with Crippen LogP contribution < -0.4 is 15.0 Å². The Bertz CT molecular complexity index is 1210. The quantitative estimate of drug-likeness (QED) is 0.526. The molecule has 2 aromatic heterocycles. The molecule has 5 rings (SSSR count). The maximum Gasteiger partial charge on any atom is 0.130 e. The van der Waals surface area contributed by atoms with Crippen molar-refractivity contribution in [2.75, 3.05) is 43.6 Å². The molecule has 0 unspecified atom stereocenters. The predicted octanol–water partition coefficient (Wildman–Crippen LogP) is 4.22. The van der Waals surface area contributed by atoms with Crippen molar-refractivity contribution in [1.82, 2.24) is 14.8 Å². The van der Waals surface area contributed by atoms with Crippen molar-refractivity contribution >= 4 is 28.1 Å². The number of fused-ring (bicyclic) bond motifs is 1. The van der Waals surface area contributed by atoms with Crippen LogP contribution in [0.3, 0.4) is 0 Å². The van der Waals surface area contributed by atoms with E-state index in [1.807, 2.05) is 36.3 Å². The smallest absolute Gasteiger partial charge is 0.130 e. The van der Waals surface area contributed by atoms with Crippen LogP contribution in [0.5, 0.6) is 5.75 Å². The fourth-order valence-electron chi connectivity index (χ4n) is 3.95. The minimum atomic E-state index is 0.741. The monoisotopic (exact) mass is 415 g/mol. The first-order chi connectivity index (χ1) is 15.2. The molecule has 1 fully saturated rings. The van der Waals surface area contributed by atoms with E-state index < -0.39 is 0 Å². The van der Waals surface area contributed by atoms with E-state index in [2.05, 4.69) is 56.7 Å². The summed E-state index contributed by atoms with van der Waals surface area (Å²) in [5, 5.41) is 8.90. The molecule has 0 radical (unpaired) electrons. The largest absolute Gasteiger partial charge is 0.497 e. The van der Waals surface area contributed by atoms with Gasteiger partial charge >= 0.3 is 0 Å². The van der Waals surface area contributed by atoms with Crippen LogP contribution in [0, 0.1) is 0 Å². The van der Waals surface area contributed by atoms with E-state index in [4.69, 9.17) is 9.47 Å². The molecule has 0 aliphatic carbocycles. The summed E-state index contributed by atoms with van der Waals surface area (Å²) in [5.41, 5.74) is 5.39. The van der Waals surface area contributed by atoms with Gasteiger partial charge in [-0.2, -0.15) is 5.10 Å². The molecule has 4 aromatic rings. The van der Waals surface area contributed by atoms with E-state index >= 15 is 0 Å². The lowest BCUT2D eigenvalue weighted by Crippen LogP contribution is -2.36. The van der Waals surface area contributed by atoms with Gasteiger partial charge in [0.05, 0.1) is 32.0 Å². The van der Waals surface area contributed by atoms with Crippen molar-refractivity contribution in [1.29, 1.82) is 0 Å². The average molecular weight is 415 g/mol. The third-order valence-electron chi connectivity index (χ3n) is 5.62. The third kappa shape index (κ3) is 4.04. The number of benzene rings is 2. The molecule has 0 atom stereocenters. The summed E-state index contributed by atoms with van der Waals surface area (Å²) < 4.78 is 12.9. The van der Waals surface area contributed by atoms with Gasteiger partial charge in [0.1, 0.15) is 11.6 Å². The zero-order valence-corrected chi connectivity index (χ0v) is 17.7. The lowest BCUT2D eigenvalue weighted by Gasteiger charge is -2.29. The van der Waals surface area contributed by atoms with Crippen LogP contribution in [0.4, 0.5) is 17.2 Å². The van der Waals surface area contributed by atoms with E-state index in [-0.39, 0.29) is 0 Å². The topological polar surface area (TPSA) is 64.4 Å². The average Bonchev–Trinajstić information content (AvgIpc) is 3.19. The number of aromatic nitrogens is 3. The number of rotatable bonds is 5. The second kappa shape index (κ2) is 8.28. The number of hydrogen-bond acceptors (Lipinski definition) is 6. The number of anilines is 3. The van der Waals surface area contributed by atoms with Crippen LogP contribution in [0.15, 0.2) is 60.9 Å². The van der Waals surface area contributed by atoms with Gasteiger partial charge in [0.15, 0.2) is 0 Å². The van der Waals surface area contributed by atoms with Gasteiger partial charge in [-0.3, -0.25) is 4.68 Å². The number of pyridine rings is 1. The number of hydrogen-bond donors (Lipinski definition) is 1. The van der Waals surface area contributed by atoms with Gasteiger partial charge in [0.2, 0.25) is 0 Å². The maximum atomic E-state index is 5.53. The van der Waals surface area contributed by atoms with Gasteiger partial charge in [0, 0.05) is 55.2 Å². The number of methoxy groups -OCH3 is 1. The highest BCUT2D eigenvalue weighted by Crippen LogP contribution is 2.31. The first kappa shape index (κ1) is 19.4.